The minimum absolute atomic E-state index is 0.0130. The molecule has 2 heterocycles. The Hall–Kier alpha value is -4.33. The third-order valence-corrected chi connectivity index (χ3v) is 7.33. The molecule has 2 aromatic carbocycles. The van der Waals surface area contributed by atoms with Gasteiger partial charge in [-0.1, -0.05) is 25.5 Å². The van der Waals surface area contributed by atoms with Crippen LogP contribution < -0.4 is 20.1 Å². The average Bonchev–Trinajstić information content (AvgIpc) is 3.44. The molecule has 44 heavy (non-hydrogen) atoms. The average molecular weight is 626 g/mol. The van der Waals surface area contributed by atoms with Crippen LogP contribution in [0, 0.1) is 0 Å². The van der Waals surface area contributed by atoms with Crippen LogP contribution in [0.5, 0.6) is 17.2 Å². The molecule has 1 aromatic heterocycles. The summed E-state index contributed by atoms with van der Waals surface area (Å²) in [5.74, 6) is 0.284. The van der Waals surface area contributed by atoms with Crippen LogP contribution in [-0.4, -0.2) is 41.4 Å². The van der Waals surface area contributed by atoms with E-state index in [0.29, 0.717) is 55.0 Å². The van der Waals surface area contributed by atoms with Crippen molar-refractivity contribution in [3.05, 3.63) is 82.7 Å². The van der Waals surface area contributed by atoms with E-state index in [9.17, 15) is 41.0 Å². The first-order chi connectivity index (χ1) is 20.6. The normalized spacial score (nSPS) is 14.7. The molecule has 0 aliphatic carbocycles. The highest BCUT2D eigenvalue weighted by atomic mass is 19.4. The molecule has 8 nitrogen and oxygen atoms in total. The molecular weight excluding hydrogens is 596 g/mol. The second-order valence-electron chi connectivity index (χ2n) is 10.4. The number of aliphatic hydroxyl groups is 1. The fourth-order valence-electron chi connectivity index (χ4n) is 4.84. The highest BCUT2D eigenvalue weighted by Crippen LogP contribution is 2.50. The number of pyridine rings is 1. The molecule has 0 saturated heterocycles. The number of halogens is 6. The van der Waals surface area contributed by atoms with Crippen molar-refractivity contribution in [2.75, 3.05) is 6.61 Å². The van der Waals surface area contributed by atoms with Gasteiger partial charge in [-0.25, -0.2) is 0 Å². The van der Waals surface area contributed by atoms with Crippen molar-refractivity contribution < 1.29 is 50.5 Å². The lowest BCUT2D eigenvalue weighted by atomic mass is 9.89. The number of rotatable bonds is 11. The predicted octanol–water partition coefficient (Wildman–Crippen LogP) is 5.35. The molecule has 3 aromatic rings. The summed E-state index contributed by atoms with van der Waals surface area (Å²) in [7, 11) is 0. The number of carbonyl (C=O) groups is 2. The Morgan fingerprint density at radius 2 is 1.75 bits per heavy atom. The zero-order chi connectivity index (χ0) is 32.3. The van der Waals surface area contributed by atoms with Crippen molar-refractivity contribution in [3.63, 3.8) is 0 Å². The summed E-state index contributed by atoms with van der Waals surface area (Å²) in [6, 6.07) is 10.1. The number of nitrogens with zero attached hydrogens (tertiary/aromatic N) is 1. The summed E-state index contributed by atoms with van der Waals surface area (Å²) in [5.41, 5.74) is -6.12. The van der Waals surface area contributed by atoms with Crippen LogP contribution >= 0.6 is 0 Å². The maximum Gasteiger partial charge on any atom is 0.430 e. The standard InChI is InChI=1S/C30H29F6N3O5/c1-3-4-18-14-21(28(42,29(31,32)33)30(34,35)36)6-8-25(18)44-23-9-11-37-22(15-23)16-38-26(41)27(2,39-17-40)20-5-7-24-19(13-20)10-12-43-24/h5-9,11,13-15,17,42H,3-4,10,12,16H2,1-2H3,(H,38,41)(H,39,40). The number of hydrogen-bond donors (Lipinski definition) is 3. The van der Waals surface area contributed by atoms with Gasteiger partial charge in [-0.15, -0.1) is 0 Å². The van der Waals surface area contributed by atoms with Crippen molar-refractivity contribution >= 4 is 12.3 Å². The molecule has 0 spiro atoms. The van der Waals surface area contributed by atoms with Crippen LogP contribution in [0.25, 0.3) is 0 Å². The first-order valence-corrected chi connectivity index (χ1v) is 13.5. The van der Waals surface area contributed by atoms with E-state index in [2.05, 4.69) is 15.6 Å². The van der Waals surface area contributed by atoms with Gasteiger partial charge in [-0.05, 0) is 60.4 Å². The fraction of sp³-hybridized carbons (Fsp3) is 0.367. The number of aryl methyl sites for hydroxylation is 1. The maximum atomic E-state index is 13.4. The number of ether oxygens (including phenoxy) is 2. The number of hydrogen-bond acceptors (Lipinski definition) is 6. The number of nitrogens with one attached hydrogen (secondary N) is 2. The summed E-state index contributed by atoms with van der Waals surface area (Å²) in [6.07, 6.45) is -9.21. The lowest BCUT2D eigenvalue weighted by Crippen LogP contribution is -2.53. The zero-order valence-electron chi connectivity index (χ0n) is 23.6. The van der Waals surface area contributed by atoms with Gasteiger partial charge in [0.1, 0.15) is 22.8 Å². The van der Waals surface area contributed by atoms with E-state index in [1.807, 2.05) is 0 Å². The quantitative estimate of drug-likeness (QED) is 0.196. The number of aromatic nitrogens is 1. The third kappa shape index (κ3) is 6.30. The van der Waals surface area contributed by atoms with Gasteiger partial charge >= 0.3 is 12.4 Å². The lowest BCUT2D eigenvalue weighted by Gasteiger charge is -2.33. The molecule has 0 saturated carbocycles. The Bertz CT molecular complexity index is 1510. The number of fused-ring (bicyclic) bond motifs is 1. The van der Waals surface area contributed by atoms with Crippen molar-refractivity contribution in [3.8, 4) is 17.2 Å². The Balaban J connectivity index is 1.54. The van der Waals surface area contributed by atoms with Crippen molar-refractivity contribution in [1.82, 2.24) is 15.6 Å². The third-order valence-electron chi connectivity index (χ3n) is 7.33. The molecular formula is C30H29F6N3O5. The molecule has 1 unspecified atom stereocenters. The molecule has 14 heteroatoms. The highest BCUT2D eigenvalue weighted by Gasteiger charge is 2.71. The highest BCUT2D eigenvalue weighted by molar-refractivity contribution is 5.89. The van der Waals surface area contributed by atoms with E-state index < -0.39 is 35.0 Å². The van der Waals surface area contributed by atoms with E-state index in [-0.39, 0.29) is 30.0 Å². The van der Waals surface area contributed by atoms with Gasteiger partial charge in [0.15, 0.2) is 0 Å². The zero-order valence-corrected chi connectivity index (χ0v) is 23.6. The van der Waals surface area contributed by atoms with Gasteiger partial charge in [0.2, 0.25) is 12.3 Å². The van der Waals surface area contributed by atoms with E-state index >= 15 is 0 Å². The molecule has 3 N–H and O–H groups in total. The van der Waals surface area contributed by atoms with Crippen LogP contribution in [0.1, 0.15) is 48.2 Å². The Morgan fingerprint density at radius 3 is 2.41 bits per heavy atom. The van der Waals surface area contributed by atoms with E-state index in [1.54, 1.807) is 32.0 Å². The molecule has 0 fully saturated rings. The molecule has 4 rings (SSSR count). The number of carbonyl (C=O) groups excluding carboxylic acids is 2. The van der Waals surface area contributed by atoms with Gasteiger partial charge < -0.3 is 25.2 Å². The Morgan fingerprint density at radius 1 is 1.05 bits per heavy atom. The second-order valence-corrected chi connectivity index (χ2v) is 10.4. The Labute approximate surface area is 248 Å². The van der Waals surface area contributed by atoms with Crippen LogP contribution in [-0.2, 0) is 40.1 Å². The topological polar surface area (TPSA) is 110 Å². The largest absolute Gasteiger partial charge is 0.493 e. The van der Waals surface area contributed by atoms with E-state index in [1.165, 1.54) is 18.3 Å². The minimum atomic E-state index is -6.02. The molecule has 2 amide bonds. The summed E-state index contributed by atoms with van der Waals surface area (Å²) >= 11 is 0. The molecule has 0 bridgehead atoms. The summed E-state index contributed by atoms with van der Waals surface area (Å²) in [5, 5.41) is 15.1. The number of amides is 2. The van der Waals surface area contributed by atoms with Gasteiger partial charge in [0.05, 0.1) is 18.8 Å². The predicted molar refractivity (Wildman–Crippen MR) is 145 cm³/mol. The van der Waals surface area contributed by atoms with Gasteiger partial charge in [0.25, 0.3) is 5.60 Å². The molecule has 1 aliphatic heterocycles. The van der Waals surface area contributed by atoms with Crippen LogP contribution in [0.4, 0.5) is 26.3 Å². The van der Waals surface area contributed by atoms with Gasteiger partial charge in [-0.2, -0.15) is 26.3 Å². The summed E-state index contributed by atoms with van der Waals surface area (Å²) < 4.78 is 91.9. The van der Waals surface area contributed by atoms with E-state index in [0.717, 1.165) is 11.6 Å². The SMILES string of the molecule is CCCc1cc(C(O)(C(F)(F)F)C(F)(F)F)ccc1Oc1ccnc(CNC(=O)C(C)(NC=O)c2ccc3c(c2)CCO3)c1. The smallest absolute Gasteiger partial charge is 0.430 e. The van der Waals surface area contributed by atoms with Crippen LogP contribution in [0.2, 0.25) is 0 Å². The summed E-state index contributed by atoms with van der Waals surface area (Å²) in [6.45, 7) is 3.62. The fourth-order valence-corrected chi connectivity index (χ4v) is 4.84. The number of alkyl halides is 6. The van der Waals surface area contributed by atoms with Crippen molar-refractivity contribution in [1.29, 1.82) is 0 Å². The molecule has 236 valence electrons. The van der Waals surface area contributed by atoms with Gasteiger partial charge in [0, 0.05) is 24.2 Å². The van der Waals surface area contributed by atoms with Crippen LogP contribution in [0.15, 0.2) is 54.7 Å². The molecule has 0 radical (unpaired) electrons. The minimum Gasteiger partial charge on any atom is -0.493 e. The van der Waals surface area contributed by atoms with Crippen LogP contribution in [0.3, 0.4) is 0 Å². The first kappa shape index (κ1) is 32.6. The second kappa shape index (κ2) is 12.3. The first-order valence-electron chi connectivity index (χ1n) is 13.5. The lowest BCUT2D eigenvalue weighted by molar-refractivity contribution is -0.376. The van der Waals surface area contributed by atoms with Crippen molar-refractivity contribution in [2.45, 2.75) is 63.1 Å². The molecule has 1 atom stereocenters. The van der Waals surface area contributed by atoms with Crippen molar-refractivity contribution in [2.24, 2.45) is 0 Å². The number of benzene rings is 2. The monoisotopic (exact) mass is 625 g/mol. The van der Waals surface area contributed by atoms with Gasteiger partial charge in [-0.3, -0.25) is 14.6 Å². The summed E-state index contributed by atoms with van der Waals surface area (Å²) in [4.78, 5) is 28.9. The Kier molecular flexibility index (Phi) is 9.14. The maximum absolute atomic E-state index is 13.4. The van der Waals surface area contributed by atoms with E-state index in [4.69, 9.17) is 9.47 Å². The molecule has 1 aliphatic rings.